The van der Waals surface area contributed by atoms with E-state index >= 15 is 4.39 Å². The monoisotopic (exact) mass is 584 g/mol. The van der Waals surface area contributed by atoms with Crippen LogP contribution in [0.15, 0.2) is 45.9 Å². The van der Waals surface area contributed by atoms with Gasteiger partial charge in [0, 0.05) is 32.0 Å². The second-order valence-corrected chi connectivity index (χ2v) is 12.9. The van der Waals surface area contributed by atoms with Crippen LogP contribution < -0.4 is 10.6 Å². The SMILES string of the molecule is Cc1ccnc(Nc2ncc(Sc3ccnc(C(=O)NCC4(C5CCCCC5)CCN(C(=O)O)CC4)c3F)s2)c1. The van der Waals surface area contributed by atoms with Crippen LogP contribution in [0, 0.1) is 24.1 Å². The summed E-state index contributed by atoms with van der Waals surface area (Å²) in [6.07, 6.45) is 11.0. The van der Waals surface area contributed by atoms with Crippen LogP contribution in [0.4, 0.5) is 20.1 Å². The second kappa shape index (κ2) is 12.5. The van der Waals surface area contributed by atoms with Crippen molar-refractivity contribution in [2.45, 2.75) is 61.0 Å². The first kappa shape index (κ1) is 28.3. The number of halogens is 1. The lowest BCUT2D eigenvalue weighted by Crippen LogP contribution is -2.51. The number of hydrogen-bond acceptors (Lipinski definition) is 8. The quantitative estimate of drug-likeness (QED) is 0.280. The summed E-state index contributed by atoms with van der Waals surface area (Å²) in [5.41, 5.74) is 0.644. The van der Waals surface area contributed by atoms with Crippen LogP contribution in [0.3, 0.4) is 0 Å². The summed E-state index contributed by atoms with van der Waals surface area (Å²) in [4.78, 5) is 39.1. The largest absolute Gasteiger partial charge is 0.465 e. The Hall–Kier alpha value is -3.25. The van der Waals surface area contributed by atoms with Crippen LogP contribution in [0.1, 0.15) is 61.0 Å². The first-order valence-electron chi connectivity index (χ1n) is 13.6. The minimum absolute atomic E-state index is 0.191. The zero-order valence-electron chi connectivity index (χ0n) is 22.4. The topological polar surface area (TPSA) is 120 Å². The minimum atomic E-state index is -0.905. The van der Waals surface area contributed by atoms with E-state index in [-0.39, 0.29) is 11.1 Å². The van der Waals surface area contributed by atoms with Crippen molar-refractivity contribution >= 4 is 46.0 Å². The maximum atomic E-state index is 15.5. The number of pyridine rings is 2. The van der Waals surface area contributed by atoms with Crippen LogP contribution in [0.25, 0.3) is 0 Å². The number of nitrogens with one attached hydrogen (secondary N) is 2. The Morgan fingerprint density at radius 3 is 2.62 bits per heavy atom. The summed E-state index contributed by atoms with van der Waals surface area (Å²) in [5.74, 6) is -0.116. The lowest BCUT2D eigenvalue weighted by molar-refractivity contribution is 0.0303. The molecule has 9 nitrogen and oxygen atoms in total. The number of piperidine rings is 1. The number of anilines is 2. The number of thiazole rings is 1. The van der Waals surface area contributed by atoms with E-state index in [1.165, 1.54) is 40.6 Å². The Labute approximate surface area is 241 Å². The third-order valence-corrected chi connectivity index (χ3v) is 10.1. The predicted octanol–water partition coefficient (Wildman–Crippen LogP) is 6.35. The third-order valence-electron chi connectivity index (χ3n) is 8.02. The van der Waals surface area contributed by atoms with Gasteiger partial charge in [0.15, 0.2) is 16.6 Å². The fourth-order valence-electron chi connectivity index (χ4n) is 5.78. The lowest BCUT2D eigenvalue weighted by Gasteiger charge is -2.47. The number of carbonyl (C=O) groups is 2. The highest BCUT2D eigenvalue weighted by Crippen LogP contribution is 2.45. The van der Waals surface area contributed by atoms with Gasteiger partial charge in [-0.1, -0.05) is 42.4 Å². The molecule has 1 aliphatic carbocycles. The first-order valence-corrected chi connectivity index (χ1v) is 15.2. The molecule has 0 unspecified atom stereocenters. The summed E-state index contributed by atoms with van der Waals surface area (Å²) < 4.78 is 16.3. The average Bonchev–Trinajstić information content (AvgIpc) is 3.40. The Bertz CT molecular complexity index is 1360. The van der Waals surface area contributed by atoms with Crippen molar-refractivity contribution in [1.82, 2.24) is 25.2 Å². The van der Waals surface area contributed by atoms with E-state index in [4.69, 9.17) is 0 Å². The molecule has 5 rings (SSSR count). The predicted molar refractivity (Wildman–Crippen MR) is 153 cm³/mol. The molecule has 212 valence electrons. The van der Waals surface area contributed by atoms with Crippen LogP contribution in [0.2, 0.25) is 0 Å². The Morgan fingerprint density at radius 2 is 1.90 bits per heavy atom. The number of amides is 2. The zero-order valence-corrected chi connectivity index (χ0v) is 24.0. The Balaban J connectivity index is 1.25. The summed E-state index contributed by atoms with van der Waals surface area (Å²) in [5, 5.41) is 16.2. The van der Waals surface area contributed by atoms with Gasteiger partial charge in [0.05, 0.1) is 15.3 Å². The number of carboxylic acid groups (broad SMARTS) is 1. The Morgan fingerprint density at radius 1 is 1.15 bits per heavy atom. The molecule has 40 heavy (non-hydrogen) atoms. The number of rotatable bonds is 8. The molecule has 1 saturated carbocycles. The molecule has 2 fully saturated rings. The van der Waals surface area contributed by atoms with E-state index < -0.39 is 17.8 Å². The second-order valence-electron chi connectivity index (χ2n) is 10.6. The molecular formula is C28H33FN6O3S2. The molecule has 1 saturated heterocycles. The molecule has 3 aromatic heterocycles. The molecule has 0 bridgehead atoms. The number of carbonyl (C=O) groups excluding carboxylic acids is 1. The highest BCUT2D eigenvalue weighted by atomic mass is 32.2. The van der Waals surface area contributed by atoms with Crippen LogP contribution in [0.5, 0.6) is 0 Å². The van der Waals surface area contributed by atoms with E-state index in [1.807, 2.05) is 19.1 Å². The highest BCUT2D eigenvalue weighted by Gasteiger charge is 2.43. The van der Waals surface area contributed by atoms with Crippen molar-refractivity contribution in [2.75, 3.05) is 25.0 Å². The van der Waals surface area contributed by atoms with Crippen molar-refractivity contribution in [1.29, 1.82) is 0 Å². The molecule has 3 N–H and O–H groups in total. The standard InChI is InChI=1S/C28H33FN6O3S2/c1-18-7-11-30-21(15-18)34-26-32-16-22(40-26)39-20-8-12-31-24(23(20)29)25(36)33-17-28(19-5-3-2-4-6-19)9-13-35(14-10-28)27(37)38/h7-8,11-12,15-16,19H,2-6,9-10,13-14,17H2,1H3,(H,33,36)(H,37,38)(H,30,32,34). The van der Waals surface area contributed by atoms with Gasteiger partial charge in [-0.2, -0.15) is 0 Å². The smallest absolute Gasteiger partial charge is 0.407 e. The first-order chi connectivity index (χ1) is 19.3. The van der Waals surface area contributed by atoms with Gasteiger partial charge in [0.2, 0.25) is 0 Å². The van der Waals surface area contributed by atoms with Crippen molar-refractivity contribution in [3.05, 3.63) is 53.9 Å². The van der Waals surface area contributed by atoms with E-state index in [0.717, 1.165) is 35.5 Å². The fourth-order valence-corrected chi connectivity index (χ4v) is 7.64. The van der Waals surface area contributed by atoms with Gasteiger partial charge in [-0.3, -0.25) is 4.79 Å². The average molecular weight is 585 g/mol. The minimum Gasteiger partial charge on any atom is -0.465 e. The van der Waals surface area contributed by atoms with Gasteiger partial charge in [0.25, 0.3) is 5.91 Å². The maximum Gasteiger partial charge on any atom is 0.407 e. The zero-order chi connectivity index (χ0) is 28.1. The third kappa shape index (κ3) is 6.55. The molecule has 0 spiro atoms. The molecule has 4 heterocycles. The summed E-state index contributed by atoms with van der Waals surface area (Å²) in [7, 11) is 0. The van der Waals surface area contributed by atoms with E-state index in [2.05, 4.69) is 25.6 Å². The summed E-state index contributed by atoms with van der Waals surface area (Å²) >= 11 is 2.56. The van der Waals surface area contributed by atoms with Gasteiger partial charge in [-0.25, -0.2) is 24.1 Å². The molecule has 0 radical (unpaired) electrons. The molecule has 0 atom stereocenters. The Kier molecular flexibility index (Phi) is 8.84. The van der Waals surface area contributed by atoms with E-state index in [9.17, 15) is 14.7 Å². The number of aromatic nitrogens is 3. The molecule has 1 aliphatic heterocycles. The van der Waals surface area contributed by atoms with Crippen LogP contribution >= 0.6 is 23.1 Å². The van der Waals surface area contributed by atoms with E-state index in [0.29, 0.717) is 54.2 Å². The molecule has 2 aliphatic rings. The van der Waals surface area contributed by atoms with E-state index in [1.54, 1.807) is 18.5 Å². The molecule has 0 aromatic carbocycles. The summed E-state index contributed by atoms with van der Waals surface area (Å²) in [6, 6.07) is 5.37. The van der Waals surface area contributed by atoms with Gasteiger partial charge in [-0.15, -0.1) is 0 Å². The van der Waals surface area contributed by atoms with Crippen molar-refractivity contribution in [2.24, 2.45) is 11.3 Å². The number of likely N-dealkylation sites (tertiary alicyclic amines) is 1. The molecule has 3 aromatic rings. The summed E-state index contributed by atoms with van der Waals surface area (Å²) in [6.45, 7) is 3.27. The van der Waals surface area contributed by atoms with Crippen molar-refractivity contribution in [3.8, 4) is 0 Å². The van der Waals surface area contributed by atoms with Gasteiger partial charge in [0.1, 0.15) is 5.82 Å². The van der Waals surface area contributed by atoms with Crippen LogP contribution in [-0.4, -0.2) is 56.6 Å². The maximum absolute atomic E-state index is 15.5. The van der Waals surface area contributed by atoms with Gasteiger partial charge < -0.3 is 20.6 Å². The molecule has 2 amide bonds. The number of nitrogens with zero attached hydrogens (tertiary/aromatic N) is 4. The van der Waals surface area contributed by atoms with Crippen molar-refractivity contribution in [3.63, 3.8) is 0 Å². The number of aryl methyl sites for hydroxylation is 1. The van der Waals surface area contributed by atoms with Gasteiger partial charge in [-0.05, 0) is 67.7 Å². The normalized spacial score (nSPS) is 17.4. The van der Waals surface area contributed by atoms with Gasteiger partial charge >= 0.3 is 6.09 Å². The molecular weight excluding hydrogens is 551 g/mol. The fraction of sp³-hybridized carbons (Fsp3) is 0.464. The highest BCUT2D eigenvalue weighted by molar-refractivity contribution is 8.01. The molecule has 12 heteroatoms. The van der Waals surface area contributed by atoms with Crippen molar-refractivity contribution < 1.29 is 19.1 Å². The van der Waals surface area contributed by atoms with Crippen LogP contribution in [-0.2, 0) is 0 Å². The number of hydrogen-bond donors (Lipinski definition) is 3. The lowest BCUT2D eigenvalue weighted by atomic mass is 9.63.